The number of aromatic amines is 1. The van der Waals surface area contributed by atoms with Crippen molar-refractivity contribution in [3.05, 3.63) is 57.0 Å². The Labute approximate surface area is 133 Å². The summed E-state index contributed by atoms with van der Waals surface area (Å²) >= 11 is 7.20. The fraction of sp³-hybridized carbons (Fsp3) is 0.250. The van der Waals surface area contributed by atoms with Gasteiger partial charge in [-0.2, -0.15) is 5.10 Å². The molecule has 5 heteroatoms. The zero-order valence-corrected chi connectivity index (χ0v) is 13.7. The Balaban J connectivity index is 2.07. The Morgan fingerprint density at radius 2 is 2.10 bits per heavy atom. The molecule has 0 amide bonds. The molecule has 3 rings (SSSR count). The summed E-state index contributed by atoms with van der Waals surface area (Å²) in [5.74, 6) is 0.910. The minimum atomic E-state index is 0.150. The van der Waals surface area contributed by atoms with Gasteiger partial charge in [0.15, 0.2) is 10.6 Å². The van der Waals surface area contributed by atoms with Crippen LogP contribution in [0.15, 0.2) is 41.8 Å². The molecule has 1 atom stereocenters. The molecule has 3 nitrogen and oxygen atoms in total. The van der Waals surface area contributed by atoms with Gasteiger partial charge in [0.25, 0.3) is 0 Å². The first-order valence-corrected chi connectivity index (χ1v) is 8.29. The number of rotatable bonds is 4. The lowest BCUT2D eigenvalue weighted by molar-refractivity contribution is 0.635. The summed E-state index contributed by atoms with van der Waals surface area (Å²) in [4.78, 5) is 1.36. The monoisotopic (exact) mass is 315 g/mol. The van der Waals surface area contributed by atoms with Crippen LogP contribution in [0.2, 0.25) is 0 Å². The van der Waals surface area contributed by atoms with Gasteiger partial charge in [0.05, 0.1) is 6.04 Å². The van der Waals surface area contributed by atoms with E-state index in [1.807, 2.05) is 6.07 Å². The van der Waals surface area contributed by atoms with Gasteiger partial charge in [0, 0.05) is 15.8 Å². The van der Waals surface area contributed by atoms with Crippen LogP contribution in [0.3, 0.4) is 0 Å². The quantitative estimate of drug-likeness (QED) is 0.699. The summed E-state index contributed by atoms with van der Waals surface area (Å²) in [5.41, 5.74) is 2.36. The highest BCUT2D eigenvalue weighted by atomic mass is 32.1. The van der Waals surface area contributed by atoms with E-state index in [0.717, 1.165) is 17.8 Å². The van der Waals surface area contributed by atoms with E-state index in [9.17, 15) is 0 Å². The van der Waals surface area contributed by atoms with Crippen LogP contribution in [-0.2, 0) is 6.42 Å². The molecule has 0 bridgehead atoms. The lowest BCUT2D eigenvalue weighted by Gasteiger charge is -2.15. The van der Waals surface area contributed by atoms with Gasteiger partial charge in [0.1, 0.15) is 0 Å². The van der Waals surface area contributed by atoms with Crippen molar-refractivity contribution in [3.63, 3.8) is 0 Å². The van der Waals surface area contributed by atoms with E-state index >= 15 is 0 Å². The number of thiophene rings is 1. The van der Waals surface area contributed by atoms with E-state index in [4.69, 9.17) is 12.2 Å². The molecule has 3 aromatic rings. The van der Waals surface area contributed by atoms with Crippen molar-refractivity contribution in [1.29, 1.82) is 0 Å². The highest BCUT2D eigenvalue weighted by Gasteiger charge is 2.16. The van der Waals surface area contributed by atoms with Gasteiger partial charge >= 0.3 is 0 Å². The second kappa shape index (κ2) is 5.95. The van der Waals surface area contributed by atoms with E-state index < -0.39 is 0 Å². The molecule has 1 aromatic carbocycles. The first kappa shape index (κ1) is 14.2. The number of nitrogens with one attached hydrogen (secondary N) is 1. The van der Waals surface area contributed by atoms with Crippen LogP contribution in [0, 0.1) is 4.77 Å². The van der Waals surface area contributed by atoms with Gasteiger partial charge in [-0.1, -0.05) is 37.3 Å². The molecular formula is C16H17N3S2. The van der Waals surface area contributed by atoms with Crippen LogP contribution in [0.1, 0.15) is 30.3 Å². The molecule has 0 unspecified atom stereocenters. The van der Waals surface area contributed by atoms with Crippen LogP contribution in [0.4, 0.5) is 0 Å². The van der Waals surface area contributed by atoms with Crippen molar-refractivity contribution < 1.29 is 0 Å². The standard InChI is InChI=1S/C16H17N3S2/c1-3-14-9-13(10-21-14)15-17-18-16(20)19(15)11(2)12-7-5-4-6-8-12/h4-11H,3H2,1-2H3,(H,18,20)/t11-/m1/s1. The van der Waals surface area contributed by atoms with Crippen LogP contribution < -0.4 is 0 Å². The molecule has 0 spiro atoms. The second-order valence-electron chi connectivity index (χ2n) is 4.96. The predicted octanol–water partition coefficient (Wildman–Crippen LogP) is 4.84. The topological polar surface area (TPSA) is 33.6 Å². The summed E-state index contributed by atoms with van der Waals surface area (Å²) in [5, 5.41) is 9.52. The molecular weight excluding hydrogens is 298 g/mol. The molecule has 0 aliphatic rings. The fourth-order valence-electron chi connectivity index (χ4n) is 2.43. The van der Waals surface area contributed by atoms with E-state index in [2.05, 4.69) is 64.3 Å². The molecule has 0 saturated heterocycles. The summed E-state index contributed by atoms with van der Waals surface area (Å²) in [6.45, 7) is 4.32. The van der Waals surface area contributed by atoms with Crippen molar-refractivity contribution in [1.82, 2.24) is 14.8 Å². The van der Waals surface area contributed by atoms with Crippen molar-refractivity contribution in [2.75, 3.05) is 0 Å². The average Bonchev–Trinajstić information content (AvgIpc) is 3.13. The third-order valence-corrected chi connectivity index (χ3v) is 5.00. The molecule has 0 aliphatic carbocycles. The zero-order chi connectivity index (χ0) is 14.8. The minimum Gasteiger partial charge on any atom is -0.293 e. The Morgan fingerprint density at radius 3 is 2.76 bits per heavy atom. The van der Waals surface area contributed by atoms with Crippen LogP contribution in [0.25, 0.3) is 11.4 Å². The van der Waals surface area contributed by atoms with Crippen molar-refractivity contribution >= 4 is 23.6 Å². The van der Waals surface area contributed by atoms with Crippen molar-refractivity contribution in [2.45, 2.75) is 26.3 Å². The molecule has 0 fully saturated rings. The van der Waals surface area contributed by atoms with Crippen LogP contribution in [0.5, 0.6) is 0 Å². The number of nitrogens with zero attached hydrogens (tertiary/aromatic N) is 2. The number of aryl methyl sites for hydroxylation is 1. The lowest BCUT2D eigenvalue weighted by atomic mass is 10.1. The number of benzene rings is 1. The van der Waals surface area contributed by atoms with Crippen molar-refractivity contribution in [3.8, 4) is 11.4 Å². The minimum absolute atomic E-state index is 0.150. The third-order valence-electron chi connectivity index (χ3n) is 3.63. The molecule has 108 valence electrons. The van der Waals surface area contributed by atoms with Gasteiger partial charge in [-0.3, -0.25) is 9.67 Å². The van der Waals surface area contributed by atoms with E-state index in [-0.39, 0.29) is 6.04 Å². The maximum absolute atomic E-state index is 5.43. The molecule has 2 aromatic heterocycles. The largest absolute Gasteiger partial charge is 0.293 e. The summed E-state index contributed by atoms with van der Waals surface area (Å²) < 4.78 is 2.75. The average molecular weight is 315 g/mol. The summed E-state index contributed by atoms with van der Waals surface area (Å²) in [6.07, 6.45) is 1.05. The molecule has 0 saturated carbocycles. The summed E-state index contributed by atoms with van der Waals surface area (Å²) in [6, 6.07) is 12.7. The normalized spacial score (nSPS) is 12.5. The smallest absolute Gasteiger partial charge is 0.196 e. The molecule has 0 aliphatic heterocycles. The van der Waals surface area contributed by atoms with Gasteiger partial charge in [0.2, 0.25) is 0 Å². The number of hydrogen-bond donors (Lipinski definition) is 1. The third kappa shape index (κ3) is 2.71. The molecule has 21 heavy (non-hydrogen) atoms. The van der Waals surface area contributed by atoms with Gasteiger partial charge < -0.3 is 0 Å². The van der Waals surface area contributed by atoms with Gasteiger partial charge in [-0.25, -0.2) is 0 Å². The number of H-pyrrole nitrogens is 1. The highest BCUT2D eigenvalue weighted by molar-refractivity contribution is 7.71. The van der Waals surface area contributed by atoms with Gasteiger partial charge in [-0.05, 0) is 37.2 Å². The second-order valence-corrected chi connectivity index (χ2v) is 6.35. The van der Waals surface area contributed by atoms with Crippen molar-refractivity contribution in [2.24, 2.45) is 0 Å². The Hall–Kier alpha value is -1.72. The Morgan fingerprint density at radius 1 is 1.33 bits per heavy atom. The first-order valence-electron chi connectivity index (χ1n) is 7.00. The van der Waals surface area contributed by atoms with Crippen LogP contribution >= 0.6 is 23.6 Å². The Bertz CT molecular complexity index is 783. The SMILES string of the molecule is CCc1cc(-c2n[nH]c(=S)n2[C@H](C)c2ccccc2)cs1. The number of hydrogen-bond acceptors (Lipinski definition) is 3. The molecule has 0 radical (unpaired) electrons. The van der Waals surface area contributed by atoms with E-state index in [1.54, 1.807) is 11.3 Å². The fourth-order valence-corrected chi connectivity index (χ4v) is 3.54. The maximum atomic E-state index is 5.43. The van der Waals surface area contributed by atoms with E-state index in [1.165, 1.54) is 10.4 Å². The molecule has 1 N–H and O–H groups in total. The highest BCUT2D eigenvalue weighted by Crippen LogP contribution is 2.28. The zero-order valence-electron chi connectivity index (χ0n) is 12.0. The van der Waals surface area contributed by atoms with Gasteiger partial charge in [-0.15, -0.1) is 11.3 Å². The molecule has 2 heterocycles. The van der Waals surface area contributed by atoms with Crippen LogP contribution in [-0.4, -0.2) is 14.8 Å². The van der Waals surface area contributed by atoms with E-state index in [0.29, 0.717) is 4.77 Å². The maximum Gasteiger partial charge on any atom is 0.196 e. The lowest BCUT2D eigenvalue weighted by Crippen LogP contribution is -2.08. The number of aromatic nitrogens is 3. The Kier molecular flexibility index (Phi) is 4.03. The first-order chi connectivity index (χ1) is 10.2. The predicted molar refractivity (Wildman–Crippen MR) is 90.4 cm³/mol. The summed E-state index contributed by atoms with van der Waals surface area (Å²) in [7, 11) is 0.